The molecule has 5 heteroatoms. The second-order valence-electron chi connectivity index (χ2n) is 6.43. The molecule has 3 aromatic rings. The Bertz CT molecular complexity index is 1040. The zero-order valence-corrected chi connectivity index (χ0v) is 15.7. The SMILES string of the molecule is O=C1C(Nc2ccccc2)=C(c2ccccc2)C(=O)N1Cc1ccc(Cl)cc1. The standard InChI is InChI=1S/C23H17ClN2O2/c24-18-13-11-16(12-14-18)15-26-22(27)20(17-7-3-1-4-8-17)21(23(26)28)25-19-9-5-2-6-10-19/h1-14,25H,15H2. The molecule has 0 aromatic heterocycles. The molecule has 2 amide bonds. The van der Waals surface area contributed by atoms with Crippen LogP contribution in [0.4, 0.5) is 5.69 Å². The molecule has 0 saturated carbocycles. The molecule has 138 valence electrons. The summed E-state index contributed by atoms with van der Waals surface area (Å²) in [6, 6.07) is 25.7. The monoisotopic (exact) mass is 388 g/mol. The van der Waals surface area contributed by atoms with Gasteiger partial charge in [-0.2, -0.15) is 0 Å². The maximum atomic E-state index is 13.2. The molecule has 28 heavy (non-hydrogen) atoms. The van der Waals surface area contributed by atoms with Gasteiger partial charge in [-0.25, -0.2) is 0 Å². The topological polar surface area (TPSA) is 49.4 Å². The molecule has 1 heterocycles. The summed E-state index contributed by atoms with van der Waals surface area (Å²) in [7, 11) is 0. The summed E-state index contributed by atoms with van der Waals surface area (Å²) in [6.45, 7) is 0.186. The van der Waals surface area contributed by atoms with E-state index in [1.165, 1.54) is 4.90 Å². The Morgan fingerprint density at radius 1 is 0.750 bits per heavy atom. The number of nitrogens with one attached hydrogen (secondary N) is 1. The van der Waals surface area contributed by atoms with E-state index in [0.717, 1.165) is 11.3 Å². The van der Waals surface area contributed by atoms with E-state index in [-0.39, 0.29) is 24.1 Å². The van der Waals surface area contributed by atoms with Crippen molar-refractivity contribution in [3.8, 4) is 0 Å². The molecule has 0 atom stereocenters. The van der Waals surface area contributed by atoms with E-state index < -0.39 is 0 Å². The summed E-state index contributed by atoms with van der Waals surface area (Å²) >= 11 is 5.94. The minimum absolute atomic E-state index is 0.186. The van der Waals surface area contributed by atoms with Gasteiger partial charge in [-0.15, -0.1) is 0 Å². The van der Waals surface area contributed by atoms with Gasteiger partial charge in [-0.3, -0.25) is 14.5 Å². The van der Waals surface area contributed by atoms with E-state index in [1.807, 2.05) is 72.8 Å². The second-order valence-corrected chi connectivity index (χ2v) is 6.87. The Morgan fingerprint density at radius 2 is 1.36 bits per heavy atom. The molecule has 4 nitrogen and oxygen atoms in total. The smallest absolute Gasteiger partial charge is 0.278 e. The highest BCUT2D eigenvalue weighted by molar-refractivity contribution is 6.36. The van der Waals surface area contributed by atoms with E-state index in [9.17, 15) is 9.59 Å². The Labute approximate surface area is 168 Å². The van der Waals surface area contributed by atoms with Gasteiger partial charge in [0.05, 0.1) is 12.1 Å². The number of anilines is 1. The van der Waals surface area contributed by atoms with Crippen molar-refractivity contribution < 1.29 is 9.59 Å². The Morgan fingerprint density at radius 3 is 2.00 bits per heavy atom. The Kier molecular flexibility index (Phi) is 4.96. The van der Waals surface area contributed by atoms with Crippen molar-refractivity contribution in [1.82, 2.24) is 4.90 Å². The van der Waals surface area contributed by atoms with Gasteiger partial charge < -0.3 is 5.32 Å². The Hall–Kier alpha value is -3.37. The third-order valence-electron chi connectivity index (χ3n) is 4.53. The van der Waals surface area contributed by atoms with Crippen LogP contribution in [0.1, 0.15) is 11.1 Å². The highest BCUT2D eigenvalue weighted by Crippen LogP contribution is 2.31. The fraction of sp³-hybridized carbons (Fsp3) is 0.0435. The van der Waals surface area contributed by atoms with E-state index in [0.29, 0.717) is 16.2 Å². The van der Waals surface area contributed by atoms with Crippen LogP contribution in [0.3, 0.4) is 0 Å². The summed E-state index contributed by atoms with van der Waals surface area (Å²) < 4.78 is 0. The molecular weight excluding hydrogens is 372 g/mol. The number of para-hydroxylation sites is 1. The summed E-state index contributed by atoms with van der Waals surface area (Å²) in [4.78, 5) is 27.6. The number of benzene rings is 3. The minimum Gasteiger partial charge on any atom is -0.350 e. The van der Waals surface area contributed by atoms with Gasteiger partial charge in [0.15, 0.2) is 0 Å². The average Bonchev–Trinajstić information content (AvgIpc) is 2.95. The van der Waals surface area contributed by atoms with Gasteiger partial charge >= 0.3 is 0 Å². The third kappa shape index (κ3) is 3.55. The van der Waals surface area contributed by atoms with Crippen LogP contribution in [-0.2, 0) is 16.1 Å². The van der Waals surface area contributed by atoms with Gasteiger partial charge in [0, 0.05) is 10.7 Å². The first kappa shape index (κ1) is 18.0. The molecule has 0 fully saturated rings. The lowest BCUT2D eigenvalue weighted by atomic mass is 10.0. The summed E-state index contributed by atoms with van der Waals surface area (Å²) in [5.41, 5.74) is 2.96. The zero-order chi connectivity index (χ0) is 19.5. The zero-order valence-electron chi connectivity index (χ0n) is 14.9. The highest BCUT2D eigenvalue weighted by atomic mass is 35.5. The van der Waals surface area contributed by atoms with Crippen LogP contribution in [0.25, 0.3) is 5.57 Å². The fourth-order valence-electron chi connectivity index (χ4n) is 3.15. The largest absolute Gasteiger partial charge is 0.350 e. The van der Waals surface area contributed by atoms with Gasteiger partial charge in [0.1, 0.15) is 5.70 Å². The maximum absolute atomic E-state index is 13.2. The van der Waals surface area contributed by atoms with Crippen LogP contribution in [0.5, 0.6) is 0 Å². The number of carbonyl (C=O) groups is 2. The molecule has 3 aromatic carbocycles. The lowest BCUT2D eigenvalue weighted by Gasteiger charge is -2.15. The van der Waals surface area contributed by atoms with Crippen LogP contribution in [0.2, 0.25) is 5.02 Å². The lowest BCUT2D eigenvalue weighted by Crippen LogP contribution is -2.31. The van der Waals surface area contributed by atoms with Crippen molar-refractivity contribution in [1.29, 1.82) is 0 Å². The van der Waals surface area contributed by atoms with Crippen molar-refractivity contribution in [2.24, 2.45) is 0 Å². The number of nitrogens with zero attached hydrogens (tertiary/aromatic N) is 1. The predicted molar refractivity (Wildman–Crippen MR) is 110 cm³/mol. The van der Waals surface area contributed by atoms with Crippen LogP contribution in [-0.4, -0.2) is 16.7 Å². The molecule has 0 unspecified atom stereocenters. The molecule has 1 aliphatic heterocycles. The van der Waals surface area contributed by atoms with Crippen molar-refractivity contribution in [2.75, 3.05) is 5.32 Å². The number of rotatable bonds is 5. The molecule has 1 N–H and O–H groups in total. The van der Waals surface area contributed by atoms with Crippen molar-refractivity contribution in [3.05, 3.63) is 107 Å². The van der Waals surface area contributed by atoms with E-state index in [2.05, 4.69) is 5.32 Å². The molecule has 0 spiro atoms. The molecule has 0 radical (unpaired) electrons. The van der Waals surface area contributed by atoms with Gasteiger partial charge in [-0.05, 0) is 35.4 Å². The summed E-state index contributed by atoms with van der Waals surface area (Å²) in [5, 5.41) is 3.75. The molecular formula is C23H17ClN2O2. The van der Waals surface area contributed by atoms with Gasteiger partial charge in [0.2, 0.25) is 0 Å². The lowest BCUT2D eigenvalue weighted by molar-refractivity contribution is -0.137. The first-order chi connectivity index (χ1) is 13.6. The number of halogens is 1. The van der Waals surface area contributed by atoms with Crippen molar-refractivity contribution >= 4 is 34.7 Å². The first-order valence-electron chi connectivity index (χ1n) is 8.86. The Balaban J connectivity index is 1.71. The van der Waals surface area contributed by atoms with E-state index in [1.54, 1.807) is 12.1 Å². The summed E-state index contributed by atoms with van der Waals surface area (Å²) in [6.07, 6.45) is 0. The second kappa shape index (κ2) is 7.71. The third-order valence-corrected chi connectivity index (χ3v) is 4.78. The van der Waals surface area contributed by atoms with Crippen LogP contribution < -0.4 is 5.32 Å². The number of hydrogen-bond donors (Lipinski definition) is 1. The van der Waals surface area contributed by atoms with Gasteiger partial charge in [0.25, 0.3) is 11.8 Å². The van der Waals surface area contributed by atoms with E-state index >= 15 is 0 Å². The minimum atomic E-state index is -0.345. The van der Waals surface area contributed by atoms with E-state index in [4.69, 9.17) is 11.6 Å². The predicted octanol–water partition coefficient (Wildman–Crippen LogP) is 4.73. The number of imide groups is 1. The number of amides is 2. The number of carbonyl (C=O) groups excluding carboxylic acids is 2. The molecule has 0 saturated heterocycles. The van der Waals surface area contributed by atoms with Gasteiger partial charge in [-0.1, -0.05) is 72.3 Å². The molecule has 4 rings (SSSR count). The normalized spacial score (nSPS) is 14.0. The maximum Gasteiger partial charge on any atom is 0.278 e. The average molecular weight is 389 g/mol. The van der Waals surface area contributed by atoms with Crippen LogP contribution in [0, 0.1) is 0 Å². The summed E-state index contributed by atoms with van der Waals surface area (Å²) in [5.74, 6) is -0.660. The van der Waals surface area contributed by atoms with Crippen molar-refractivity contribution in [2.45, 2.75) is 6.54 Å². The highest BCUT2D eigenvalue weighted by Gasteiger charge is 2.39. The molecule has 0 aliphatic carbocycles. The molecule has 0 bridgehead atoms. The van der Waals surface area contributed by atoms with Crippen LogP contribution in [0.15, 0.2) is 90.6 Å². The molecule has 1 aliphatic rings. The quantitative estimate of drug-likeness (QED) is 0.643. The fourth-order valence-corrected chi connectivity index (χ4v) is 3.27. The van der Waals surface area contributed by atoms with Crippen molar-refractivity contribution in [3.63, 3.8) is 0 Å². The van der Waals surface area contributed by atoms with Crippen LogP contribution >= 0.6 is 11.6 Å². The first-order valence-corrected chi connectivity index (χ1v) is 9.23. The number of hydrogen-bond acceptors (Lipinski definition) is 3.